The molecule has 1 atom stereocenters. The van der Waals surface area contributed by atoms with Gasteiger partial charge in [0.2, 0.25) is 5.91 Å². The van der Waals surface area contributed by atoms with Crippen molar-refractivity contribution in [3.63, 3.8) is 0 Å². The standard InChI is InChI=1S/C33H33ClN2O4S2/c1-36(2)31(37)15-17-41-33(42-18-16-32(38)39)21-24-6-4-8-29(20-24)40-28-7-3-5-23(19-28)9-13-27-14-11-25-10-12-26(34)22-30(25)35-27/h3-14,19-20,22,33H,15-18,21H2,1-2H3,(H,38,39). The van der Waals surface area contributed by atoms with Crippen molar-refractivity contribution in [2.24, 2.45) is 0 Å². The number of rotatable bonds is 14. The van der Waals surface area contributed by atoms with Crippen molar-refractivity contribution in [1.29, 1.82) is 0 Å². The van der Waals surface area contributed by atoms with E-state index in [0.29, 0.717) is 22.9 Å². The molecule has 0 saturated heterocycles. The van der Waals surface area contributed by atoms with Crippen LogP contribution in [0.25, 0.3) is 23.1 Å². The molecule has 218 valence electrons. The highest BCUT2D eigenvalue weighted by atomic mass is 35.5. The summed E-state index contributed by atoms with van der Waals surface area (Å²) in [6.07, 6.45) is 5.25. The number of ether oxygens (including phenoxy) is 1. The number of carboxylic acids is 1. The quantitative estimate of drug-likeness (QED) is 0.143. The number of aromatic nitrogens is 1. The first-order chi connectivity index (χ1) is 20.2. The zero-order chi connectivity index (χ0) is 29.9. The van der Waals surface area contributed by atoms with Crippen LogP contribution in [-0.2, 0) is 16.0 Å². The first kappa shape index (κ1) is 31.5. The maximum absolute atomic E-state index is 12.0. The monoisotopic (exact) mass is 620 g/mol. The predicted octanol–water partition coefficient (Wildman–Crippen LogP) is 8.14. The van der Waals surface area contributed by atoms with Gasteiger partial charge in [-0.25, -0.2) is 4.98 Å². The Kier molecular flexibility index (Phi) is 11.7. The third-order valence-electron chi connectivity index (χ3n) is 6.25. The number of nitrogens with zero attached hydrogens (tertiary/aromatic N) is 2. The van der Waals surface area contributed by atoms with Crippen LogP contribution in [0.3, 0.4) is 0 Å². The van der Waals surface area contributed by atoms with Crippen molar-refractivity contribution in [2.45, 2.75) is 23.8 Å². The van der Waals surface area contributed by atoms with Crippen molar-refractivity contribution in [2.75, 3.05) is 25.6 Å². The fraction of sp³-hybridized carbons (Fsp3) is 0.242. The molecule has 42 heavy (non-hydrogen) atoms. The number of halogens is 1. The second kappa shape index (κ2) is 15.7. The molecule has 4 aromatic rings. The third kappa shape index (κ3) is 10.1. The number of aliphatic carboxylic acids is 1. The smallest absolute Gasteiger partial charge is 0.304 e. The molecule has 3 aromatic carbocycles. The number of carboxylic acid groups (broad SMARTS) is 1. The molecule has 0 spiro atoms. The molecule has 6 nitrogen and oxygen atoms in total. The molecule has 0 aliphatic carbocycles. The number of hydrogen-bond donors (Lipinski definition) is 1. The molecule has 1 N–H and O–H groups in total. The van der Waals surface area contributed by atoms with E-state index in [4.69, 9.17) is 21.4 Å². The van der Waals surface area contributed by atoms with Gasteiger partial charge in [-0.3, -0.25) is 9.59 Å². The number of amides is 1. The van der Waals surface area contributed by atoms with E-state index in [1.807, 2.05) is 91.0 Å². The number of hydrogen-bond acceptors (Lipinski definition) is 6. The Morgan fingerprint density at radius 3 is 2.40 bits per heavy atom. The average molecular weight is 621 g/mol. The van der Waals surface area contributed by atoms with Gasteiger partial charge >= 0.3 is 5.97 Å². The molecular weight excluding hydrogens is 588 g/mol. The normalized spacial score (nSPS) is 12.0. The van der Waals surface area contributed by atoms with Crippen LogP contribution in [0.4, 0.5) is 0 Å². The van der Waals surface area contributed by atoms with E-state index < -0.39 is 5.97 Å². The van der Waals surface area contributed by atoms with Crippen LogP contribution in [0.15, 0.2) is 78.9 Å². The summed E-state index contributed by atoms with van der Waals surface area (Å²) in [6, 6.07) is 25.5. The van der Waals surface area contributed by atoms with Gasteiger partial charge in [0.1, 0.15) is 11.5 Å². The molecule has 1 amide bonds. The van der Waals surface area contributed by atoms with Crippen LogP contribution >= 0.6 is 35.1 Å². The number of benzene rings is 3. The largest absolute Gasteiger partial charge is 0.481 e. The van der Waals surface area contributed by atoms with Crippen molar-refractivity contribution in [1.82, 2.24) is 9.88 Å². The van der Waals surface area contributed by atoms with Crippen molar-refractivity contribution in [3.8, 4) is 11.5 Å². The van der Waals surface area contributed by atoms with E-state index in [-0.39, 0.29) is 16.9 Å². The zero-order valence-corrected chi connectivity index (χ0v) is 25.9. The van der Waals surface area contributed by atoms with Gasteiger partial charge in [0.25, 0.3) is 0 Å². The number of carbonyl (C=O) groups excluding carboxylic acids is 1. The van der Waals surface area contributed by atoms with Crippen LogP contribution < -0.4 is 4.74 Å². The van der Waals surface area contributed by atoms with E-state index in [1.54, 1.807) is 42.5 Å². The van der Waals surface area contributed by atoms with E-state index in [9.17, 15) is 9.59 Å². The zero-order valence-electron chi connectivity index (χ0n) is 23.5. The van der Waals surface area contributed by atoms with Gasteiger partial charge in [0.15, 0.2) is 0 Å². The Balaban J connectivity index is 1.40. The predicted molar refractivity (Wildman–Crippen MR) is 177 cm³/mol. The molecule has 1 unspecified atom stereocenters. The molecular formula is C33H33ClN2O4S2. The summed E-state index contributed by atoms with van der Waals surface area (Å²) in [7, 11) is 3.50. The Labute approximate surface area is 260 Å². The minimum Gasteiger partial charge on any atom is -0.481 e. The van der Waals surface area contributed by atoms with E-state index >= 15 is 0 Å². The van der Waals surface area contributed by atoms with E-state index in [0.717, 1.165) is 45.6 Å². The maximum atomic E-state index is 12.0. The van der Waals surface area contributed by atoms with Gasteiger partial charge in [-0.15, -0.1) is 23.5 Å². The Morgan fingerprint density at radius 2 is 1.64 bits per heavy atom. The molecule has 0 radical (unpaired) electrons. The number of fused-ring (bicyclic) bond motifs is 1. The lowest BCUT2D eigenvalue weighted by atomic mass is 10.1. The van der Waals surface area contributed by atoms with Gasteiger partial charge in [0.05, 0.1) is 22.2 Å². The highest BCUT2D eigenvalue weighted by molar-refractivity contribution is 8.17. The molecule has 0 aliphatic heterocycles. The van der Waals surface area contributed by atoms with Gasteiger partial charge in [-0.05, 0) is 66.1 Å². The van der Waals surface area contributed by atoms with Crippen molar-refractivity contribution >= 4 is 70.1 Å². The molecule has 0 bridgehead atoms. The van der Waals surface area contributed by atoms with Gasteiger partial charge < -0.3 is 14.7 Å². The molecule has 4 rings (SSSR count). The molecule has 0 saturated carbocycles. The lowest BCUT2D eigenvalue weighted by Crippen LogP contribution is -2.22. The Bertz CT molecular complexity index is 1560. The fourth-order valence-electron chi connectivity index (χ4n) is 4.07. The fourth-order valence-corrected chi connectivity index (χ4v) is 6.93. The summed E-state index contributed by atoms with van der Waals surface area (Å²) < 4.78 is 6.34. The molecule has 0 aliphatic rings. The SMILES string of the molecule is CN(C)C(=O)CCSC(Cc1cccc(Oc2cccc(C=Cc3ccc4ccc(Cl)cc4n3)c2)c1)SCCC(=O)O. The number of thioether (sulfide) groups is 2. The van der Waals surface area contributed by atoms with Crippen LogP contribution in [-0.4, -0.2) is 57.0 Å². The summed E-state index contributed by atoms with van der Waals surface area (Å²) in [5, 5.41) is 10.8. The minimum atomic E-state index is -0.806. The van der Waals surface area contributed by atoms with Crippen molar-refractivity contribution in [3.05, 3.63) is 101 Å². The molecule has 1 aromatic heterocycles. The lowest BCUT2D eigenvalue weighted by Gasteiger charge is -2.17. The summed E-state index contributed by atoms with van der Waals surface area (Å²) >= 11 is 9.44. The second-order valence-corrected chi connectivity index (χ2v) is 13.1. The lowest BCUT2D eigenvalue weighted by molar-refractivity contribution is -0.136. The second-order valence-electron chi connectivity index (χ2n) is 9.79. The summed E-state index contributed by atoms with van der Waals surface area (Å²) in [5.41, 5.74) is 3.76. The van der Waals surface area contributed by atoms with Crippen LogP contribution in [0.2, 0.25) is 5.02 Å². The van der Waals surface area contributed by atoms with Crippen LogP contribution in [0.5, 0.6) is 11.5 Å². The maximum Gasteiger partial charge on any atom is 0.304 e. The summed E-state index contributed by atoms with van der Waals surface area (Å²) in [4.78, 5) is 29.3. The summed E-state index contributed by atoms with van der Waals surface area (Å²) in [5.74, 6) is 1.93. The molecule has 9 heteroatoms. The van der Waals surface area contributed by atoms with Crippen LogP contribution in [0.1, 0.15) is 29.7 Å². The highest BCUT2D eigenvalue weighted by Crippen LogP contribution is 2.31. The summed E-state index contributed by atoms with van der Waals surface area (Å²) in [6.45, 7) is 0. The van der Waals surface area contributed by atoms with Gasteiger partial charge in [-0.2, -0.15) is 0 Å². The topological polar surface area (TPSA) is 79.7 Å². The highest BCUT2D eigenvalue weighted by Gasteiger charge is 2.14. The van der Waals surface area contributed by atoms with Gasteiger partial charge in [0, 0.05) is 42.4 Å². The van der Waals surface area contributed by atoms with Gasteiger partial charge in [-0.1, -0.05) is 54.1 Å². The number of carbonyl (C=O) groups is 2. The molecule has 0 fully saturated rings. The minimum absolute atomic E-state index is 0.0858. The van der Waals surface area contributed by atoms with Crippen molar-refractivity contribution < 1.29 is 19.4 Å². The van der Waals surface area contributed by atoms with Crippen LogP contribution in [0, 0.1) is 0 Å². The Hall–Kier alpha value is -3.46. The molecule has 1 heterocycles. The first-order valence-electron chi connectivity index (χ1n) is 13.5. The first-order valence-corrected chi connectivity index (χ1v) is 16.0. The number of pyridine rings is 1. The average Bonchev–Trinajstić information content (AvgIpc) is 2.96. The third-order valence-corrected chi connectivity index (χ3v) is 9.26. The van der Waals surface area contributed by atoms with E-state index in [2.05, 4.69) is 4.98 Å². The van der Waals surface area contributed by atoms with E-state index in [1.165, 1.54) is 0 Å². The Morgan fingerprint density at radius 1 is 0.929 bits per heavy atom.